The predicted molar refractivity (Wildman–Crippen MR) is 70.4 cm³/mol. The number of hydrogen-bond acceptors (Lipinski definition) is 0. The SMILES string of the molecule is CCC1(CCc2ccccc2)C=CC=CC1. The van der Waals surface area contributed by atoms with Crippen molar-refractivity contribution in [3.05, 3.63) is 60.2 Å². The van der Waals surface area contributed by atoms with Gasteiger partial charge in [-0.2, -0.15) is 0 Å². The van der Waals surface area contributed by atoms with E-state index in [-0.39, 0.29) is 0 Å². The van der Waals surface area contributed by atoms with Crippen molar-refractivity contribution in [2.75, 3.05) is 0 Å². The zero-order chi connectivity index (χ0) is 11.3. The van der Waals surface area contributed by atoms with E-state index in [0.717, 1.165) is 0 Å². The van der Waals surface area contributed by atoms with E-state index >= 15 is 0 Å². The summed E-state index contributed by atoms with van der Waals surface area (Å²) < 4.78 is 0. The summed E-state index contributed by atoms with van der Waals surface area (Å²) in [5.41, 5.74) is 1.86. The monoisotopic (exact) mass is 212 g/mol. The first-order valence-corrected chi connectivity index (χ1v) is 6.23. The van der Waals surface area contributed by atoms with Crippen LogP contribution in [0.5, 0.6) is 0 Å². The molecule has 0 nitrogen and oxygen atoms in total. The number of hydrogen-bond donors (Lipinski definition) is 0. The van der Waals surface area contributed by atoms with Gasteiger partial charge in [0.2, 0.25) is 0 Å². The van der Waals surface area contributed by atoms with E-state index in [9.17, 15) is 0 Å². The Balaban J connectivity index is 1.98. The number of rotatable bonds is 4. The Morgan fingerprint density at radius 3 is 2.56 bits per heavy atom. The van der Waals surface area contributed by atoms with Crippen LogP contribution in [0.15, 0.2) is 54.6 Å². The average molecular weight is 212 g/mol. The van der Waals surface area contributed by atoms with Crippen molar-refractivity contribution in [1.82, 2.24) is 0 Å². The molecule has 0 radical (unpaired) electrons. The average Bonchev–Trinajstić information content (AvgIpc) is 2.39. The molecule has 1 aromatic carbocycles. The highest BCUT2D eigenvalue weighted by Gasteiger charge is 2.24. The van der Waals surface area contributed by atoms with E-state index in [0.29, 0.717) is 5.41 Å². The molecule has 16 heavy (non-hydrogen) atoms. The Kier molecular flexibility index (Phi) is 3.61. The fourth-order valence-corrected chi connectivity index (χ4v) is 2.37. The van der Waals surface area contributed by atoms with Crippen LogP contribution in [0.4, 0.5) is 0 Å². The van der Waals surface area contributed by atoms with Gasteiger partial charge in [0.25, 0.3) is 0 Å². The lowest BCUT2D eigenvalue weighted by molar-refractivity contribution is 0.338. The first-order chi connectivity index (χ1) is 7.85. The normalized spacial score (nSPS) is 23.6. The lowest BCUT2D eigenvalue weighted by Crippen LogP contribution is -2.18. The second kappa shape index (κ2) is 5.16. The molecule has 1 aromatic rings. The van der Waals surface area contributed by atoms with Crippen LogP contribution in [0.1, 0.15) is 31.7 Å². The van der Waals surface area contributed by atoms with Gasteiger partial charge in [-0.05, 0) is 36.7 Å². The number of aryl methyl sites for hydroxylation is 1. The molecular formula is C16H20. The van der Waals surface area contributed by atoms with Crippen molar-refractivity contribution in [1.29, 1.82) is 0 Å². The summed E-state index contributed by atoms with van der Waals surface area (Å²) in [7, 11) is 0. The van der Waals surface area contributed by atoms with Gasteiger partial charge in [0.1, 0.15) is 0 Å². The Hall–Kier alpha value is -1.30. The maximum atomic E-state index is 2.40. The topological polar surface area (TPSA) is 0 Å². The quantitative estimate of drug-likeness (QED) is 0.687. The van der Waals surface area contributed by atoms with Crippen LogP contribution in [0.3, 0.4) is 0 Å². The van der Waals surface area contributed by atoms with Gasteiger partial charge >= 0.3 is 0 Å². The van der Waals surface area contributed by atoms with Crippen LogP contribution in [-0.4, -0.2) is 0 Å². The highest BCUT2D eigenvalue weighted by Crippen LogP contribution is 2.36. The van der Waals surface area contributed by atoms with Crippen LogP contribution in [0, 0.1) is 5.41 Å². The van der Waals surface area contributed by atoms with Gasteiger partial charge in [-0.25, -0.2) is 0 Å². The minimum atomic E-state index is 0.407. The summed E-state index contributed by atoms with van der Waals surface area (Å²) in [5, 5.41) is 0. The van der Waals surface area contributed by atoms with Crippen LogP contribution < -0.4 is 0 Å². The lowest BCUT2D eigenvalue weighted by Gasteiger charge is -2.30. The fraction of sp³-hybridized carbons (Fsp3) is 0.375. The molecule has 1 unspecified atom stereocenters. The van der Waals surface area contributed by atoms with Gasteiger partial charge < -0.3 is 0 Å². The zero-order valence-corrected chi connectivity index (χ0v) is 10.0. The fourth-order valence-electron chi connectivity index (χ4n) is 2.37. The Morgan fingerprint density at radius 1 is 1.12 bits per heavy atom. The van der Waals surface area contributed by atoms with E-state index < -0.39 is 0 Å². The van der Waals surface area contributed by atoms with Gasteiger partial charge in [0, 0.05) is 0 Å². The maximum absolute atomic E-state index is 2.40. The summed E-state index contributed by atoms with van der Waals surface area (Å²) in [6, 6.07) is 10.8. The molecule has 2 rings (SSSR count). The van der Waals surface area contributed by atoms with Crippen molar-refractivity contribution in [3.8, 4) is 0 Å². The molecule has 0 amide bonds. The standard InChI is InChI=1S/C16H20/c1-2-16(12-7-4-8-13-16)14-11-15-9-5-3-6-10-15/h3-10,12H,2,11,13-14H2,1H3. The van der Waals surface area contributed by atoms with Crippen LogP contribution in [0.2, 0.25) is 0 Å². The minimum Gasteiger partial charge on any atom is -0.0837 e. The first-order valence-electron chi connectivity index (χ1n) is 6.23. The highest BCUT2D eigenvalue weighted by molar-refractivity contribution is 5.19. The van der Waals surface area contributed by atoms with Crippen molar-refractivity contribution in [3.63, 3.8) is 0 Å². The first kappa shape index (κ1) is 11.2. The Labute approximate surface area is 98.7 Å². The molecule has 0 aromatic heterocycles. The van der Waals surface area contributed by atoms with Gasteiger partial charge in [-0.3, -0.25) is 0 Å². The van der Waals surface area contributed by atoms with E-state index in [1.807, 2.05) is 0 Å². The minimum absolute atomic E-state index is 0.407. The summed E-state index contributed by atoms with van der Waals surface area (Å²) in [6.07, 6.45) is 14.0. The molecule has 1 atom stereocenters. The molecule has 84 valence electrons. The summed E-state index contributed by atoms with van der Waals surface area (Å²) >= 11 is 0. The van der Waals surface area contributed by atoms with Crippen LogP contribution in [-0.2, 0) is 6.42 Å². The third kappa shape index (κ3) is 2.63. The Morgan fingerprint density at radius 2 is 1.94 bits per heavy atom. The van der Waals surface area contributed by atoms with E-state index in [2.05, 4.69) is 61.6 Å². The molecule has 1 aliphatic carbocycles. The summed E-state index contributed by atoms with van der Waals surface area (Å²) in [5.74, 6) is 0. The third-order valence-electron chi connectivity index (χ3n) is 3.68. The number of benzene rings is 1. The second-order valence-corrected chi connectivity index (χ2v) is 4.69. The van der Waals surface area contributed by atoms with Gasteiger partial charge in [0.15, 0.2) is 0 Å². The van der Waals surface area contributed by atoms with Crippen molar-refractivity contribution in [2.24, 2.45) is 5.41 Å². The molecular weight excluding hydrogens is 192 g/mol. The predicted octanol–water partition coefficient (Wildman–Crippen LogP) is 4.53. The van der Waals surface area contributed by atoms with Gasteiger partial charge in [-0.15, -0.1) is 0 Å². The molecule has 0 heteroatoms. The van der Waals surface area contributed by atoms with Crippen molar-refractivity contribution in [2.45, 2.75) is 32.6 Å². The van der Waals surface area contributed by atoms with E-state index in [1.54, 1.807) is 0 Å². The highest BCUT2D eigenvalue weighted by atomic mass is 14.3. The molecule has 0 saturated carbocycles. The van der Waals surface area contributed by atoms with Crippen LogP contribution in [0.25, 0.3) is 0 Å². The number of allylic oxidation sites excluding steroid dienone is 4. The molecule has 0 saturated heterocycles. The zero-order valence-electron chi connectivity index (χ0n) is 10.0. The Bertz CT molecular complexity index is 372. The largest absolute Gasteiger partial charge is 0.0837 e. The third-order valence-corrected chi connectivity index (χ3v) is 3.68. The molecule has 1 aliphatic rings. The van der Waals surface area contributed by atoms with Crippen molar-refractivity contribution < 1.29 is 0 Å². The molecule has 0 fully saturated rings. The van der Waals surface area contributed by atoms with Crippen LogP contribution >= 0.6 is 0 Å². The summed E-state index contributed by atoms with van der Waals surface area (Å²) in [6.45, 7) is 2.30. The second-order valence-electron chi connectivity index (χ2n) is 4.69. The maximum Gasteiger partial charge on any atom is -0.00800 e. The molecule has 0 N–H and O–H groups in total. The molecule has 0 heterocycles. The van der Waals surface area contributed by atoms with Crippen molar-refractivity contribution >= 4 is 0 Å². The van der Waals surface area contributed by atoms with Gasteiger partial charge in [0.05, 0.1) is 0 Å². The summed E-state index contributed by atoms with van der Waals surface area (Å²) in [4.78, 5) is 0. The molecule has 0 bridgehead atoms. The smallest absolute Gasteiger partial charge is 0.00800 e. The molecule has 0 spiro atoms. The van der Waals surface area contributed by atoms with E-state index in [4.69, 9.17) is 0 Å². The lowest BCUT2D eigenvalue weighted by atomic mass is 9.75. The van der Waals surface area contributed by atoms with E-state index in [1.165, 1.54) is 31.2 Å². The molecule has 0 aliphatic heterocycles. The van der Waals surface area contributed by atoms with Gasteiger partial charge in [-0.1, -0.05) is 61.6 Å².